The molecule has 1 aliphatic heterocycles. The number of hydrogen-bond acceptors (Lipinski definition) is 5. The lowest BCUT2D eigenvalue weighted by Gasteiger charge is -2.25. The first-order valence-electron chi connectivity index (χ1n) is 7.79. The molecule has 0 spiro atoms. The fraction of sp³-hybridized carbons (Fsp3) is 0.412. The van der Waals surface area contributed by atoms with Crippen LogP contribution in [-0.4, -0.2) is 42.1 Å². The Morgan fingerprint density at radius 1 is 1.30 bits per heavy atom. The average Bonchev–Trinajstić information content (AvgIpc) is 2.97. The van der Waals surface area contributed by atoms with Crippen molar-refractivity contribution in [2.75, 3.05) is 31.6 Å². The van der Waals surface area contributed by atoms with E-state index in [2.05, 4.69) is 15.2 Å². The summed E-state index contributed by atoms with van der Waals surface area (Å²) in [6.07, 6.45) is 0.321. The van der Waals surface area contributed by atoms with Crippen LogP contribution in [-0.2, 0) is 22.5 Å². The van der Waals surface area contributed by atoms with Gasteiger partial charge < -0.3 is 10.1 Å². The Bertz CT molecular complexity index is 648. The topological polar surface area (TPSA) is 54.5 Å². The van der Waals surface area contributed by atoms with Crippen LogP contribution in [0.1, 0.15) is 16.3 Å². The number of nitrogens with zero attached hydrogens (tertiary/aromatic N) is 2. The molecule has 1 aromatic heterocycles. The van der Waals surface area contributed by atoms with Gasteiger partial charge in [-0.15, -0.1) is 11.3 Å². The van der Waals surface area contributed by atoms with Crippen LogP contribution < -0.4 is 5.32 Å². The van der Waals surface area contributed by atoms with Gasteiger partial charge in [-0.25, -0.2) is 4.98 Å². The number of nitrogens with one attached hydrogen (secondary N) is 1. The van der Waals surface area contributed by atoms with Crippen molar-refractivity contribution >= 4 is 22.9 Å². The maximum Gasteiger partial charge on any atom is 0.231 e. The van der Waals surface area contributed by atoms with Gasteiger partial charge in [0, 0.05) is 30.7 Å². The first-order chi connectivity index (χ1) is 11.2. The molecule has 0 radical (unpaired) electrons. The van der Waals surface area contributed by atoms with E-state index in [0.717, 1.165) is 49.2 Å². The van der Waals surface area contributed by atoms with Crippen LogP contribution in [0.15, 0.2) is 29.6 Å². The first kappa shape index (κ1) is 16.1. The molecule has 1 amide bonds. The summed E-state index contributed by atoms with van der Waals surface area (Å²) >= 11 is 1.55. The summed E-state index contributed by atoms with van der Waals surface area (Å²) in [6, 6.07) is 7.80. The molecular weight excluding hydrogens is 310 g/mol. The molecule has 1 saturated heterocycles. The zero-order valence-corrected chi connectivity index (χ0v) is 14.1. The predicted molar refractivity (Wildman–Crippen MR) is 91.7 cm³/mol. The van der Waals surface area contributed by atoms with Crippen molar-refractivity contribution in [2.24, 2.45) is 0 Å². The van der Waals surface area contributed by atoms with Crippen LogP contribution in [0.4, 0.5) is 5.69 Å². The zero-order valence-electron chi connectivity index (χ0n) is 13.2. The second-order valence-corrected chi connectivity index (χ2v) is 6.65. The second-order valence-electron chi connectivity index (χ2n) is 5.71. The van der Waals surface area contributed by atoms with Gasteiger partial charge in [0.25, 0.3) is 0 Å². The van der Waals surface area contributed by atoms with Gasteiger partial charge in [-0.2, -0.15) is 0 Å². The van der Waals surface area contributed by atoms with Crippen LogP contribution in [0.3, 0.4) is 0 Å². The lowest BCUT2D eigenvalue weighted by Crippen LogP contribution is -2.35. The fourth-order valence-corrected chi connectivity index (χ4v) is 3.25. The molecule has 0 atom stereocenters. The number of morpholine rings is 1. The van der Waals surface area contributed by atoms with E-state index in [1.54, 1.807) is 11.3 Å². The molecule has 122 valence electrons. The number of amides is 1. The Hall–Kier alpha value is -1.76. The highest BCUT2D eigenvalue weighted by molar-refractivity contribution is 7.09. The van der Waals surface area contributed by atoms with Gasteiger partial charge in [-0.3, -0.25) is 9.69 Å². The average molecular weight is 331 g/mol. The number of aryl methyl sites for hydroxylation is 1. The number of benzene rings is 1. The van der Waals surface area contributed by atoms with Gasteiger partial charge in [-0.05, 0) is 19.1 Å². The van der Waals surface area contributed by atoms with Crippen molar-refractivity contribution in [2.45, 2.75) is 19.9 Å². The molecule has 3 rings (SSSR count). The zero-order chi connectivity index (χ0) is 16.1. The summed E-state index contributed by atoms with van der Waals surface area (Å²) in [4.78, 5) is 19.0. The lowest BCUT2D eigenvalue weighted by atomic mass is 10.2. The maximum atomic E-state index is 12.1. The molecule has 0 unspecified atom stereocenters. The van der Waals surface area contributed by atoms with Gasteiger partial charge in [0.1, 0.15) is 5.01 Å². The molecular formula is C17H21N3O2S. The van der Waals surface area contributed by atoms with E-state index in [0.29, 0.717) is 6.42 Å². The van der Waals surface area contributed by atoms with Gasteiger partial charge in [0.2, 0.25) is 5.91 Å². The van der Waals surface area contributed by atoms with Crippen molar-refractivity contribution in [3.8, 4) is 0 Å². The highest BCUT2D eigenvalue weighted by Gasteiger charge is 2.13. The third kappa shape index (κ3) is 4.86. The van der Waals surface area contributed by atoms with E-state index in [9.17, 15) is 4.79 Å². The van der Waals surface area contributed by atoms with E-state index in [4.69, 9.17) is 4.74 Å². The molecule has 23 heavy (non-hydrogen) atoms. The number of hydrogen-bond donors (Lipinski definition) is 1. The van der Waals surface area contributed by atoms with Crippen LogP contribution in [0, 0.1) is 6.92 Å². The third-order valence-electron chi connectivity index (χ3n) is 3.74. The summed E-state index contributed by atoms with van der Waals surface area (Å²) in [5.74, 6) is -0.0267. The van der Waals surface area contributed by atoms with Crippen molar-refractivity contribution in [3.05, 3.63) is 45.9 Å². The highest BCUT2D eigenvalue weighted by Crippen LogP contribution is 2.15. The Morgan fingerprint density at radius 2 is 2.04 bits per heavy atom. The van der Waals surface area contributed by atoms with E-state index in [-0.39, 0.29) is 5.91 Å². The van der Waals surface area contributed by atoms with E-state index < -0.39 is 0 Å². The Balaban J connectivity index is 1.51. The minimum absolute atomic E-state index is 0.0267. The molecule has 1 aliphatic rings. The lowest BCUT2D eigenvalue weighted by molar-refractivity contribution is -0.115. The van der Waals surface area contributed by atoms with Gasteiger partial charge in [0.15, 0.2) is 0 Å². The van der Waals surface area contributed by atoms with Crippen molar-refractivity contribution in [1.82, 2.24) is 9.88 Å². The summed E-state index contributed by atoms with van der Waals surface area (Å²) < 4.78 is 5.35. The van der Waals surface area contributed by atoms with E-state index in [1.165, 1.54) is 5.56 Å². The van der Waals surface area contributed by atoms with Crippen LogP contribution >= 0.6 is 11.3 Å². The number of ether oxygens (including phenoxy) is 1. The van der Waals surface area contributed by atoms with Crippen LogP contribution in [0.25, 0.3) is 0 Å². The molecule has 0 aliphatic carbocycles. The Kier molecular flexibility index (Phi) is 5.38. The molecule has 2 heterocycles. The normalized spacial score (nSPS) is 15.5. The Labute approximate surface area is 140 Å². The summed E-state index contributed by atoms with van der Waals surface area (Å²) in [6.45, 7) is 6.32. The molecule has 1 fully saturated rings. The minimum Gasteiger partial charge on any atom is -0.379 e. The summed E-state index contributed by atoms with van der Waals surface area (Å²) in [5, 5.41) is 5.81. The van der Waals surface area contributed by atoms with Crippen molar-refractivity contribution in [3.63, 3.8) is 0 Å². The van der Waals surface area contributed by atoms with Gasteiger partial charge in [-0.1, -0.05) is 17.7 Å². The fourth-order valence-electron chi connectivity index (χ4n) is 2.47. The SMILES string of the molecule is Cc1ccc(NC(=O)Cc2nc(CN3CCOCC3)cs2)cc1. The van der Waals surface area contributed by atoms with Crippen molar-refractivity contribution < 1.29 is 9.53 Å². The number of rotatable bonds is 5. The number of carbonyl (C=O) groups excluding carboxylic acids is 1. The van der Waals surface area contributed by atoms with Crippen LogP contribution in [0.2, 0.25) is 0 Å². The van der Waals surface area contributed by atoms with E-state index >= 15 is 0 Å². The van der Waals surface area contributed by atoms with Gasteiger partial charge in [0.05, 0.1) is 25.3 Å². The first-order valence-corrected chi connectivity index (χ1v) is 8.67. The molecule has 1 aromatic carbocycles. The smallest absolute Gasteiger partial charge is 0.231 e. The third-order valence-corrected chi connectivity index (χ3v) is 4.63. The minimum atomic E-state index is -0.0267. The quantitative estimate of drug-likeness (QED) is 0.914. The van der Waals surface area contributed by atoms with Gasteiger partial charge >= 0.3 is 0 Å². The monoisotopic (exact) mass is 331 g/mol. The molecule has 6 heteroatoms. The number of carbonyl (C=O) groups is 1. The largest absolute Gasteiger partial charge is 0.379 e. The highest BCUT2D eigenvalue weighted by atomic mass is 32.1. The standard InChI is InChI=1S/C17H21N3O2S/c1-13-2-4-14(5-3-13)18-16(21)10-17-19-15(12-23-17)11-20-6-8-22-9-7-20/h2-5,12H,6-11H2,1H3,(H,18,21). The molecule has 5 nitrogen and oxygen atoms in total. The molecule has 1 N–H and O–H groups in total. The number of aromatic nitrogens is 1. The second kappa shape index (κ2) is 7.68. The molecule has 0 bridgehead atoms. The molecule has 0 saturated carbocycles. The van der Waals surface area contributed by atoms with E-state index in [1.807, 2.05) is 36.6 Å². The predicted octanol–water partition coefficient (Wildman–Crippen LogP) is 2.46. The number of thiazole rings is 1. The molecule has 2 aromatic rings. The summed E-state index contributed by atoms with van der Waals surface area (Å²) in [5.41, 5.74) is 3.04. The van der Waals surface area contributed by atoms with Crippen LogP contribution in [0.5, 0.6) is 0 Å². The summed E-state index contributed by atoms with van der Waals surface area (Å²) in [7, 11) is 0. The Morgan fingerprint density at radius 3 is 2.78 bits per heavy atom. The number of anilines is 1. The van der Waals surface area contributed by atoms with Crippen molar-refractivity contribution in [1.29, 1.82) is 0 Å². The maximum absolute atomic E-state index is 12.1.